The van der Waals surface area contributed by atoms with Gasteiger partial charge in [0.1, 0.15) is 23.1 Å². The maximum Gasteiger partial charge on any atom is 0.622 e. The van der Waals surface area contributed by atoms with Crippen LogP contribution < -0.4 is 13.0 Å². The van der Waals surface area contributed by atoms with Gasteiger partial charge < -0.3 is 12.2 Å². The largest absolute Gasteiger partial charge is 0.622 e. The molecule has 0 radical (unpaired) electrons. The number of aromatic nitrogens is 4. The molecule has 0 bridgehead atoms. The van der Waals surface area contributed by atoms with Gasteiger partial charge in [-0.3, -0.25) is 4.57 Å². The van der Waals surface area contributed by atoms with E-state index in [0.717, 1.165) is 46.3 Å². The van der Waals surface area contributed by atoms with Crippen molar-refractivity contribution in [3.63, 3.8) is 0 Å². The number of anilines is 1. The highest BCUT2D eigenvalue weighted by molar-refractivity contribution is 6.78. The lowest BCUT2D eigenvalue weighted by Gasteiger charge is -2.33. The third-order valence-corrected chi connectivity index (χ3v) is 12.8. The molecule has 0 aliphatic carbocycles. The van der Waals surface area contributed by atoms with E-state index in [2.05, 4.69) is 137 Å². The van der Waals surface area contributed by atoms with Crippen LogP contribution in [0, 0.1) is 6.92 Å². The van der Waals surface area contributed by atoms with E-state index in [1.165, 1.54) is 37.6 Å². The normalized spacial score (nSPS) is 13.6. The summed E-state index contributed by atoms with van der Waals surface area (Å²) in [5.74, 6) is 3.52. The van der Waals surface area contributed by atoms with E-state index in [1.54, 1.807) is 0 Å². The van der Waals surface area contributed by atoms with Crippen LogP contribution in [0.5, 0.6) is 11.5 Å². The molecule has 2 aliphatic rings. The Bertz CT molecular complexity index is 2310. The van der Waals surface area contributed by atoms with Crippen LogP contribution in [0.25, 0.3) is 39.0 Å². The van der Waals surface area contributed by atoms with Crippen LogP contribution in [-0.2, 0) is 12.0 Å². The molecule has 0 saturated heterocycles. The summed E-state index contributed by atoms with van der Waals surface area (Å²) in [7, 11) is 0. The number of imidazole rings is 1. The van der Waals surface area contributed by atoms with E-state index in [-0.39, 0.29) is 5.41 Å². The van der Waals surface area contributed by atoms with Gasteiger partial charge in [0, 0.05) is 53.2 Å². The van der Waals surface area contributed by atoms with Crippen molar-refractivity contribution in [2.24, 2.45) is 0 Å². The average Bonchev–Trinajstić information content (AvgIpc) is 3.75. The number of fused-ring (bicyclic) bond motifs is 11. The molecule has 45 heavy (non-hydrogen) atoms. The maximum absolute atomic E-state index is 6.62. The third-order valence-electron chi connectivity index (χ3n) is 9.48. The van der Waals surface area contributed by atoms with Gasteiger partial charge in [-0.1, -0.05) is 67.2 Å². The Labute approximate surface area is 267 Å². The molecule has 3 aromatic heterocycles. The minimum Gasteiger partial charge on any atom is -0.457 e. The molecule has 4 aromatic carbocycles. The molecule has 0 amide bonds. The van der Waals surface area contributed by atoms with Gasteiger partial charge in [-0.25, -0.2) is 9.97 Å². The van der Waals surface area contributed by atoms with Gasteiger partial charge in [0.2, 0.25) is 0 Å². The first kappa shape index (κ1) is 26.6. The van der Waals surface area contributed by atoms with E-state index < -0.39 is 14.6 Å². The second kappa shape index (κ2) is 9.58. The summed E-state index contributed by atoms with van der Waals surface area (Å²) in [6.45, 7) is 9.89. The van der Waals surface area contributed by atoms with Gasteiger partial charge in [0.05, 0.1) is 11.0 Å². The Morgan fingerprint density at radius 2 is 1.60 bits per heavy atom. The van der Waals surface area contributed by atoms with Gasteiger partial charge in [-0.2, -0.15) is 0 Å². The fraction of sp³-hybridized carbons (Fsp3) is 0.158. The van der Waals surface area contributed by atoms with E-state index in [9.17, 15) is 0 Å². The van der Waals surface area contributed by atoms with Crippen LogP contribution in [0.3, 0.4) is 0 Å². The minimum atomic E-state index is -1.65. The van der Waals surface area contributed by atoms with E-state index in [0.29, 0.717) is 0 Å². The molecule has 0 unspecified atom stereocenters. The Morgan fingerprint density at radius 3 is 2.49 bits per heavy atom. The van der Waals surface area contributed by atoms with Gasteiger partial charge in [0.25, 0.3) is 0 Å². The van der Waals surface area contributed by atoms with Crippen LogP contribution in [-0.4, -0.2) is 32.7 Å². The third kappa shape index (κ3) is 4.01. The van der Waals surface area contributed by atoms with Crippen LogP contribution in [0.4, 0.5) is 5.69 Å². The molecule has 5 heterocycles. The number of hydrogen-bond acceptors (Lipinski definition) is 4. The summed E-state index contributed by atoms with van der Waals surface area (Å²) in [6, 6.07) is 32.4. The summed E-state index contributed by atoms with van der Waals surface area (Å²) in [6.07, 6.45) is 6.02. The highest BCUT2D eigenvalue weighted by atomic mass is 27.2. The van der Waals surface area contributed by atoms with E-state index in [4.69, 9.17) is 14.7 Å². The SMILES string of the molecule is Cc1cccc2[c]1[Al]1[N](C2)c2ccc(Oc3ccc4c5ccccc5n(-c5cc(C(C)(C)C)ccn5)c4c3)cc2-c2ncc[n]21. The summed E-state index contributed by atoms with van der Waals surface area (Å²) >= 11 is -1.65. The van der Waals surface area contributed by atoms with Crippen LogP contribution in [0.15, 0.2) is 110 Å². The Kier molecular flexibility index (Phi) is 5.66. The van der Waals surface area contributed by atoms with Gasteiger partial charge in [-0.05, 0) is 72.0 Å². The van der Waals surface area contributed by atoms with Gasteiger partial charge in [0.15, 0.2) is 0 Å². The molecule has 7 aromatic rings. The Hall–Kier alpha value is -4.83. The molecule has 7 heteroatoms. The average molecular weight is 602 g/mol. The Balaban J connectivity index is 1.14. The summed E-state index contributed by atoms with van der Waals surface area (Å²) in [4.78, 5) is 9.68. The summed E-state index contributed by atoms with van der Waals surface area (Å²) < 4.78 is 15.5. The molecule has 6 nitrogen and oxygen atoms in total. The Morgan fingerprint density at radius 1 is 0.778 bits per heavy atom. The number of aryl methyl sites for hydroxylation is 1. The van der Waals surface area contributed by atoms with Gasteiger partial charge >= 0.3 is 14.6 Å². The van der Waals surface area contributed by atoms with Crippen LogP contribution >= 0.6 is 0 Å². The first-order valence-electron chi connectivity index (χ1n) is 15.6. The lowest BCUT2D eigenvalue weighted by atomic mass is 9.88. The number of hydrogen-bond donors (Lipinski definition) is 0. The maximum atomic E-state index is 6.62. The van der Waals surface area contributed by atoms with Crippen LogP contribution in [0.2, 0.25) is 0 Å². The van der Waals surface area contributed by atoms with Crippen molar-refractivity contribution in [3.05, 3.63) is 126 Å². The first-order valence-corrected chi connectivity index (χ1v) is 17.2. The van der Waals surface area contributed by atoms with E-state index >= 15 is 0 Å². The fourth-order valence-electron chi connectivity index (χ4n) is 7.31. The van der Waals surface area contributed by atoms with Crippen molar-refractivity contribution < 1.29 is 4.74 Å². The topological polar surface area (TPSA) is 48.1 Å². The molecular formula is C38H32AlN5O. The lowest BCUT2D eigenvalue weighted by molar-refractivity contribution is 0.483. The highest BCUT2D eigenvalue weighted by Gasteiger charge is 2.47. The quantitative estimate of drug-likeness (QED) is 0.193. The smallest absolute Gasteiger partial charge is 0.457 e. The second-order valence-electron chi connectivity index (χ2n) is 13.3. The predicted molar refractivity (Wildman–Crippen MR) is 183 cm³/mol. The molecule has 0 atom stereocenters. The number of nitrogens with zero attached hydrogens (tertiary/aromatic N) is 5. The number of rotatable bonds is 3. The van der Waals surface area contributed by atoms with Crippen molar-refractivity contribution in [1.82, 2.24) is 18.1 Å². The number of pyridine rings is 1. The zero-order chi connectivity index (χ0) is 30.4. The molecule has 0 saturated carbocycles. The van der Waals surface area contributed by atoms with Crippen LogP contribution in [0.1, 0.15) is 37.5 Å². The number of para-hydroxylation sites is 1. The monoisotopic (exact) mass is 601 g/mol. The van der Waals surface area contributed by atoms with Gasteiger partial charge in [-0.15, -0.1) is 0 Å². The minimum absolute atomic E-state index is 0.0189. The molecule has 0 fully saturated rings. The van der Waals surface area contributed by atoms with Crippen molar-refractivity contribution >= 4 is 46.5 Å². The summed E-state index contributed by atoms with van der Waals surface area (Å²) in [5, 5.41) is 2.37. The summed E-state index contributed by atoms with van der Waals surface area (Å²) in [5.41, 5.74) is 8.64. The van der Waals surface area contributed by atoms with Crippen molar-refractivity contribution in [2.75, 3.05) is 3.88 Å². The number of ether oxygens (including phenoxy) is 1. The highest BCUT2D eigenvalue weighted by Crippen LogP contribution is 2.42. The molecule has 218 valence electrons. The molecular weight excluding hydrogens is 569 g/mol. The predicted octanol–water partition coefficient (Wildman–Crippen LogP) is 8.02. The van der Waals surface area contributed by atoms with Crippen molar-refractivity contribution in [1.29, 1.82) is 0 Å². The fourth-order valence-corrected chi connectivity index (χ4v) is 10.8. The molecule has 0 spiro atoms. The van der Waals surface area contributed by atoms with E-state index in [1.807, 2.05) is 12.4 Å². The zero-order valence-electron chi connectivity index (χ0n) is 25.8. The molecule has 2 aliphatic heterocycles. The van der Waals surface area contributed by atoms with Crippen molar-refractivity contribution in [2.45, 2.75) is 39.7 Å². The lowest BCUT2D eigenvalue weighted by Crippen LogP contribution is -2.51. The first-order chi connectivity index (χ1) is 21.8. The zero-order valence-corrected chi connectivity index (χ0v) is 27.0. The standard InChI is InChI=1S/C38H32N5O.Al/c1-25-8-7-9-26(20-25)24-42-33-15-13-28(22-32(33)37-40-18-19-41-37)44-29-12-14-31-30-10-5-6-11-34(30)43(35(31)23-29)36-21-27(16-17-39-36)38(2,3)4;/h5-19,21-23H,24H2,1-4H3;/q-2;+2. The molecule has 0 N–H and O–H groups in total. The molecule has 9 rings (SSSR count). The van der Waals surface area contributed by atoms with Crippen molar-refractivity contribution in [3.8, 4) is 28.7 Å². The number of benzene rings is 4. The second-order valence-corrected chi connectivity index (χ2v) is 15.8.